The zero-order valence-electron chi connectivity index (χ0n) is 16.1. The van der Waals surface area contributed by atoms with E-state index in [2.05, 4.69) is 11.7 Å². The van der Waals surface area contributed by atoms with Gasteiger partial charge < -0.3 is 14.9 Å². The van der Waals surface area contributed by atoms with E-state index in [1.165, 1.54) is 7.11 Å². The van der Waals surface area contributed by atoms with Gasteiger partial charge in [0.15, 0.2) is 0 Å². The van der Waals surface area contributed by atoms with Crippen LogP contribution in [-0.4, -0.2) is 41.3 Å². The number of methoxy groups -OCH3 is 1. The lowest BCUT2D eigenvalue weighted by atomic mass is 9.90. The number of hydrogen-bond donors (Lipinski definition) is 2. The van der Waals surface area contributed by atoms with E-state index in [4.69, 9.17) is 0 Å². The van der Waals surface area contributed by atoms with Gasteiger partial charge in [0.25, 0.3) is 0 Å². The van der Waals surface area contributed by atoms with Crippen molar-refractivity contribution in [2.24, 2.45) is 11.8 Å². The fraction of sp³-hybridized carbons (Fsp3) is 0.714. The molecule has 0 saturated heterocycles. The summed E-state index contributed by atoms with van der Waals surface area (Å²) in [6.07, 6.45) is 12.8. The average Bonchev–Trinajstić information content (AvgIpc) is 2.89. The van der Waals surface area contributed by atoms with Crippen molar-refractivity contribution in [1.82, 2.24) is 0 Å². The number of aliphatic hydroxyl groups is 2. The highest BCUT2D eigenvalue weighted by Gasteiger charge is 2.39. The van der Waals surface area contributed by atoms with Gasteiger partial charge in [0, 0.05) is 24.7 Å². The second-order valence-electron chi connectivity index (χ2n) is 7.05. The van der Waals surface area contributed by atoms with Crippen molar-refractivity contribution >= 4 is 11.8 Å². The number of ether oxygens (including phenoxy) is 1. The largest absolute Gasteiger partial charge is 0.469 e. The van der Waals surface area contributed by atoms with Crippen LogP contribution in [0, 0.1) is 11.8 Å². The van der Waals surface area contributed by atoms with Gasteiger partial charge in [-0.2, -0.15) is 0 Å². The first kappa shape index (κ1) is 22.6. The molecule has 3 unspecified atom stereocenters. The molecule has 1 saturated carbocycles. The molecule has 2 N–H and O–H groups in total. The van der Waals surface area contributed by atoms with Crippen LogP contribution in [0.5, 0.6) is 0 Å². The standard InChI is InChI=1S/C21H34O5/c1-3-4-7-10-16(22)13-14-18-17(19(23)15-20(18)24)11-8-5-6-9-12-21(25)26-2/h5,8,13-14,16-18,20,22,24H,3-4,6-7,9-12,15H2,1-2H3/t16?,17?,18-,20?/m1/s1. The molecular weight excluding hydrogens is 332 g/mol. The van der Waals surface area contributed by atoms with Gasteiger partial charge in [0.1, 0.15) is 5.78 Å². The summed E-state index contributed by atoms with van der Waals surface area (Å²) < 4.78 is 4.59. The third-order valence-electron chi connectivity index (χ3n) is 4.93. The number of rotatable bonds is 12. The molecule has 148 valence electrons. The molecule has 1 aliphatic carbocycles. The van der Waals surface area contributed by atoms with Gasteiger partial charge in [-0.15, -0.1) is 0 Å². The Morgan fingerprint density at radius 1 is 1.31 bits per heavy atom. The van der Waals surface area contributed by atoms with Crippen LogP contribution in [0.25, 0.3) is 0 Å². The van der Waals surface area contributed by atoms with Crippen molar-refractivity contribution in [3.63, 3.8) is 0 Å². The number of unbranched alkanes of at least 4 members (excludes halogenated alkanes) is 3. The molecule has 26 heavy (non-hydrogen) atoms. The van der Waals surface area contributed by atoms with Gasteiger partial charge in [-0.05, 0) is 25.7 Å². The Kier molecular flexibility index (Phi) is 11.1. The maximum Gasteiger partial charge on any atom is 0.305 e. The number of ketones is 1. The van der Waals surface area contributed by atoms with E-state index < -0.39 is 12.2 Å². The van der Waals surface area contributed by atoms with Crippen LogP contribution in [0.3, 0.4) is 0 Å². The highest BCUT2D eigenvalue weighted by molar-refractivity contribution is 5.84. The third kappa shape index (κ3) is 8.28. The molecule has 5 heteroatoms. The summed E-state index contributed by atoms with van der Waals surface area (Å²) in [6.45, 7) is 2.12. The van der Waals surface area contributed by atoms with Crippen molar-refractivity contribution in [3.8, 4) is 0 Å². The minimum Gasteiger partial charge on any atom is -0.469 e. The van der Waals surface area contributed by atoms with E-state index in [1.54, 1.807) is 6.08 Å². The fourth-order valence-electron chi connectivity index (χ4n) is 3.31. The van der Waals surface area contributed by atoms with E-state index in [1.807, 2.05) is 18.2 Å². The van der Waals surface area contributed by atoms with Crippen molar-refractivity contribution in [3.05, 3.63) is 24.3 Å². The molecule has 5 nitrogen and oxygen atoms in total. The summed E-state index contributed by atoms with van der Waals surface area (Å²) in [5, 5.41) is 20.2. The Morgan fingerprint density at radius 2 is 2.08 bits per heavy atom. The summed E-state index contributed by atoms with van der Waals surface area (Å²) >= 11 is 0. The quantitative estimate of drug-likeness (QED) is 0.314. The smallest absolute Gasteiger partial charge is 0.305 e. The zero-order valence-corrected chi connectivity index (χ0v) is 16.1. The molecule has 4 atom stereocenters. The summed E-state index contributed by atoms with van der Waals surface area (Å²) in [5.41, 5.74) is 0. The maximum absolute atomic E-state index is 12.1. The summed E-state index contributed by atoms with van der Waals surface area (Å²) in [7, 11) is 1.38. The average molecular weight is 366 g/mol. The van der Waals surface area contributed by atoms with E-state index >= 15 is 0 Å². The van der Waals surface area contributed by atoms with Crippen LogP contribution < -0.4 is 0 Å². The minimum atomic E-state index is -0.667. The maximum atomic E-state index is 12.1. The third-order valence-corrected chi connectivity index (χ3v) is 4.93. The molecule has 0 spiro atoms. The number of Topliss-reactive ketones (excluding diaryl/α,β-unsaturated/α-hetero) is 1. The zero-order chi connectivity index (χ0) is 19.4. The van der Waals surface area contributed by atoms with Crippen molar-refractivity contribution in [1.29, 1.82) is 0 Å². The van der Waals surface area contributed by atoms with E-state index in [0.717, 1.165) is 32.1 Å². The fourth-order valence-corrected chi connectivity index (χ4v) is 3.31. The second kappa shape index (κ2) is 12.8. The number of esters is 1. The lowest BCUT2D eigenvalue weighted by Gasteiger charge is -2.16. The van der Waals surface area contributed by atoms with Crippen molar-refractivity contribution < 1.29 is 24.5 Å². The molecule has 1 fully saturated rings. The minimum absolute atomic E-state index is 0.0758. The van der Waals surface area contributed by atoms with Gasteiger partial charge >= 0.3 is 5.97 Å². The highest BCUT2D eigenvalue weighted by atomic mass is 16.5. The number of carbonyl (C=O) groups excluding carboxylic acids is 2. The molecule has 0 aliphatic heterocycles. The molecule has 1 aliphatic rings. The van der Waals surface area contributed by atoms with Crippen LogP contribution in [0.2, 0.25) is 0 Å². The highest BCUT2D eigenvalue weighted by Crippen LogP contribution is 2.33. The normalized spacial score (nSPS) is 24.6. The van der Waals surface area contributed by atoms with Crippen LogP contribution in [-0.2, 0) is 14.3 Å². The van der Waals surface area contributed by atoms with Crippen LogP contribution in [0.1, 0.15) is 64.7 Å². The first-order chi connectivity index (χ1) is 12.5. The van der Waals surface area contributed by atoms with Crippen LogP contribution >= 0.6 is 0 Å². The molecule has 0 bridgehead atoms. The van der Waals surface area contributed by atoms with Gasteiger partial charge in [0.05, 0.1) is 19.3 Å². The van der Waals surface area contributed by atoms with Crippen LogP contribution in [0.4, 0.5) is 0 Å². The molecule has 0 aromatic heterocycles. The first-order valence-electron chi connectivity index (χ1n) is 9.78. The van der Waals surface area contributed by atoms with Crippen LogP contribution in [0.15, 0.2) is 24.3 Å². The Morgan fingerprint density at radius 3 is 2.77 bits per heavy atom. The Hall–Kier alpha value is -1.46. The Labute approximate surface area is 157 Å². The second-order valence-corrected chi connectivity index (χ2v) is 7.05. The molecule has 1 rings (SSSR count). The lowest BCUT2D eigenvalue weighted by molar-refractivity contribution is -0.140. The topological polar surface area (TPSA) is 83.8 Å². The molecule has 0 aromatic carbocycles. The van der Waals surface area contributed by atoms with Gasteiger partial charge in [0.2, 0.25) is 0 Å². The number of allylic oxidation sites excluding steroid dienone is 2. The SMILES string of the molecule is CCCCCC(O)C=C[C@H]1C(O)CC(=O)C1CC=CCCCC(=O)OC. The Balaban J connectivity index is 2.46. The predicted octanol–water partition coefficient (Wildman–Crippen LogP) is 3.34. The number of aliphatic hydroxyl groups excluding tert-OH is 2. The number of carbonyl (C=O) groups is 2. The molecule has 0 aromatic rings. The van der Waals surface area contributed by atoms with Gasteiger partial charge in [-0.1, -0.05) is 50.5 Å². The van der Waals surface area contributed by atoms with Crippen molar-refractivity contribution in [2.45, 2.75) is 76.9 Å². The predicted molar refractivity (Wildman–Crippen MR) is 102 cm³/mol. The molecule has 0 heterocycles. The number of hydrogen-bond acceptors (Lipinski definition) is 5. The van der Waals surface area contributed by atoms with E-state index in [-0.39, 0.29) is 30.0 Å². The lowest BCUT2D eigenvalue weighted by Crippen LogP contribution is -2.18. The summed E-state index contributed by atoms with van der Waals surface area (Å²) in [6, 6.07) is 0. The van der Waals surface area contributed by atoms with Crippen molar-refractivity contribution in [2.75, 3.05) is 7.11 Å². The Bertz CT molecular complexity index is 483. The summed E-state index contributed by atoms with van der Waals surface area (Å²) in [5.74, 6) is -0.606. The summed E-state index contributed by atoms with van der Waals surface area (Å²) in [4.78, 5) is 23.2. The first-order valence-corrected chi connectivity index (χ1v) is 9.78. The van der Waals surface area contributed by atoms with Gasteiger partial charge in [-0.3, -0.25) is 9.59 Å². The molecule has 0 amide bonds. The molecular formula is C21H34O5. The van der Waals surface area contributed by atoms with Gasteiger partial charge in [-0.25, -0.2) is 0 Å². The van der Waals surface area contributed by atoms with E-state index in [0.29, 0.717) is 19.3 Å². The monoisotopic (exact) mass is 366 g/mol. The van der Waals surface area contributed by atoms with E-state index in [9.17, 15) is 19.8 Å². The molecule has 0 radical (unpaired) electrons.